The lowest BCUT2D eigenvalue weighted by Crippen LogP contribution is -2.37. The van der Waals surface area contributed by atoms with Crippen LogP contribution in [0, 0.1) is 16.7 Å². The van der Waals surface area contributed by atoms with Gasteiger partial charge in [0.1, 0.15) is 18.2 Å². The summed E-state index contributed by atoms with van der Waals surface area (Å²) in [6.07, 6.45) is 11.8. The molecular formula is C26H33ClN6O3. The van der Waals surface area contributed by atoms with Crippen LogP contribution in [0.1, 0.15) is 45.4 Å². The molecule has 0 amide bonds. The van der Waals surface area contributed by atoms with Gasteiger partial charge in [-0.2, -0.15) is 5.26 Å². The van der Waals surface area contributed by atoms with Gasteiger partial charge in [0.15, 0.2) is 0 Å². The maximum Gasteiger partial charge on any atom is 0.232 e. The number of halogens is 1. The minimum Gasteiger partial charge on any atom is -0.511 e. The third kappa shape index (κ3) is 6.84. The number of nitrogens with zero attached hydrogens (tertiary/aromatic N) is 4. The van der Waals surface area contributed by atoms with E-state index in [-0.39, 0.29) is 6.61 Å². The van der Waals surface area contributed by atoms with Crippen molar-refractivity contribution >= 4 is 17.4 Å². The Kier molecular flexibility index (Phi) is 8.97. The van der Waals surface area contributed by atoms with Crippen molar-refractivity contribution in [2.45, 2.75) is 57.5 Å². The van der Waals surface area contributed by atoms with Crippen molar-refractivity contribution in [3.05, 3.63) is 41.5 Å². The Balaban J connectivity index is 1.37. The molecule has 1 aliphatic heterocycles. The van der Waals surface area contributed by atoms with Crippen molar-refractivity contribution in [2.75, 3.05) is 31.7 Å². The van der Waals surface area contributed by atoms with E-state index in [1.54, 1.807) is 24.7 Å². The molecule has 3 N–H and O–H groups in total. The summed E-state index contributed by atoms with van der Waals surface area (Å²) in [5, 5.41) is 26.7. The lowest BCUT2D eigenvalue weighted by atomic mass is 9.83. The van der Waals surface area contributed by atoms with E-state index in [0.717, 1.165) is 31.5 Å². The van der Waals surface area contributed by atoms with Crippen LogP contribution in [-0.4, -0.2) is 58.5 Å². The van der Waals surface area contributed by atoms with Crippen LogP contribution < -0.4 is 15.4 Å². The largest absolute Gasteiger partial charge is 0.511 e. The molecule has 36 heavy (non-hydrogen) atoms. The Morgan fingerprint density at radius 3 is 2.72 bits per heavy atom. The molecule has 0 bridgehead atoms. The Hall–Kier alpha value is -2.93. The number of pyridine rings is 1. The summed E-state index contributed by atoms with van der Waals surface area (Å²) >= 11 is 6.47. The van der Waals surface area contributed by atoms with Crippen LogP contribution in [0.4, 0.5) is 5.82 Å². The van der Waals surface area contributed by atoms with Gasteiger partial charge in [0, 0.05) is 37.1 Å². The summed E-state index contributed by atoms with van der Waals surface area (Å²) < 4.78 is 11.3. The van der Waals surface area contributed by atoms with Gasteiger partial charge in [-0.3, -0.25) is 4.98 Å². The number of aliphatic hydroxyl groups excluding tert-OH is 1. The zero-order valence-corrected chi connectivity index (χ0v) is 21.3. The summed E-state index contributed by atoms with van der Waals surface area (Å²) in [7, 11) is 0. The third-order valence-corrected chi connectivity index (χ3v) is 7.21. The Bertz CT molecular complexity index is 1090. The molecule has 0 unspecified atom stereocenters. The van der Waals surface area contributed by atoms with E-state index in [4.69, 9.17) is 21.1 Å². The van der Waals surface area contributed by atoms with Crippen LogP contribution in [0.2, 0.25) is 5.02 Å². The van der Waals surface area contributed by atoms with Gasteiger partial charge in [0.05, 0.1) is 41.1 Å². The molecule has 4 rings (SSSR count). The quantitative estimate of drug-likeness (QED) is 0.411. The first-order valence-electron chi connectivity index (χ1n) is 12.4. The van der Waals surface area contributed by atoms with Gasteiger partial charge in [-0.1, -0.05) is 11.6 Å². The van der Waals surface area contributed by atoms with Crippen molar-refractivity contribution in [3.8, 4) is 23.2 Å². The van der Waals surface area contributed by atoms with Crippen LogP contribution >= 0.6 is 11.6 Å². The Morgan fingerprint density at radius 2 is 2.00 bits per heavy atom. The molecule has 0 aromatic carbocycles. The number of rotatable bonds is 9. The molecule has 2 aromatic heterocycles. The zero-order valence-electron chi connectivity index (χ0n) is 20.5. The third-order valence-electron chi connectivity index (χ3n) is 6.91. The second kappa shape index (κ2) is 12.3. The van der Waals surface area contributed by atoms with Gasteiger partial charge in [-0.25, -0.2) is 9.97 Å². The van der Waals surface area contributed by atoms with Crippen molar-refractivity contribution in [2.24, 2.45) is 5.41 Å². The number of hydrogen-bond acceptors (Lipinski definition) is 9. The monoisotopic (exact) mass is 512 g/mol. The smallest absolute Gasteiger partial charge is 0.232 e. The van der Waals surface area contributed by atoms with Gasteiger partial charge in [-0.15, -0.1) is 0 Å². The van der Waals surface area contributed by atoms with Gasteiger partial charge < -0.3 is 25.2 Å². The van der Waals surface area contributed by atoms with Crippen LogP contribution in [0.3, 0.4) is 0 Å². The highest BCUT2D eigenvalue weighted by Crippen LogP contribution is 2.32. The van der Waals surface area contributed by atoms with Gasteiger partial charge in [-0.05, 0) is 57.6 Å². The predicted octanol–water partition coefficient (Wildman–Crippen LogP) is 4.67. The lowest BCUT2D eigenvalue weighted by molar-refractivity contribution is 0.0182. The maximum atomic E-state index is 9.66. The number of hydrogen-bond donors (Lipinski definition) is 3. The van der Waals surface area contributed by atoms with Crippen LogP contribution in [-0.2, 0) is 4.74 Å². The highest BCUT2D eigenvalue weighted by molar-refractivity contribution is 6.33. The molecule has 0 atom stereocenters. The van der Waals surface area contributed by atoms with Crippen LogP contribution in [0.5, 0.6) is 5.88 Å². The summed E-state index contributed by atoms with van der Waals surface area (Å²) in [6.45, 7) is 3.70. The number of nitrogens with one attached hydrogen (secondary N) is 2. The van der Waals surface area contributed by atoms with E-state index in [9.17, 15) is 10.4 Å². The minimum atomic E-state index is -0.567. The maximum absolute atomic E-state index is 9.66. The first-order chi connectivity index (χ1) is 17.5. The minimum absolute atomic E-state index is 0.244. The topological polar surface area (TPSA) is 125 Å². The van der Waals surface area contributed by atoms with E-state index in [2.05, 4.69) is 31.7 Å². The molecule has 1 saturated heterocycles. The fraction of sp³-hybridized carbons (Fsp3) is 0.538. The molecule has 10 heteroatoms. The van der Waals surface area contributed by atoms with Crippen LogP contribution in [0.25, 0.3) is 11.3 Å². The van der Waals surface area contributed by atoms with E-state index in [1.807, 2.05) is 13.0 Å². The number of nitriles is 1. The summed E-state index contributed by atoms with van der Waals surface area (Å²) in [4.78, 5) is 13.3. The molecular weight excluding hydrogens is 480 g/mol. The second-order valence-electron chi connectivity index (χ2n) is 9.44. The SMILES string of the molecule is C/C=C(\O)CNC1CCC(Nc2cc(-c3cncc(OCC4(C#N)CCOCC4)n3)c(Cl)cn2)CC1. The summed E-state index contributed by atoms with van der Waals surface area (Å²) in [5.74, 6) is 1.46. The Labute approximate surface area is 216 Å². The molecule has 2 fully saturated rings. The van der Waals surface area contributed by atoms with Crippen molar-refractivity contribution in [1.82, 2.24) is 20.3 Å². The molecule has 1 aliphatic carbocycles. The number of allylic oxidation sites excluding steroid dienone is 1. The van der Waals surface area contributed by atoms with Crippen molar-refractivity contribution < 1.29 is 14.6 Å². The van der Waals surface area contributed by atoms with E-state index >= 15 is 0 Å². The van der Waals surface area contributed by atoms with Crippen LogP contribution in [0.15, 0.2) is 36.5 Å². The molecule has 2 aliphatic rings. The number of aliphatic hydroxyl groups is 1. The number of anilines is 1. The van der Waals surface area contributed by atoms with Gasteiger partial charge >= 0.3 is 0 Å². The average Bonchev–Trinajstić information content (AvgIpc) is 2.93. The highest BCUT2D eigenvalue weighted by Gasteiger charge is 2.34. The summed E-state index contributed by atoms with van der Waals surface area (Å²) in [5.41, 5.74) is 0.728. The zero-order chi connectivity index (χ0) is 25.4. The predicted molar refractivity (Wildman–Crippen MR) is 138 cm³/mol. The first kappa shape index (κ1) is 26.1. The van der Waals surface area contributed by atoms with E-state index in [1.165, 1.54) is 0 Å². The Morgan fingerprint density at radius 1 is 1.25 bits per heavy atom. The molecule has 1 saturated carbocycles. The molecule has 2 aromatic rings. The van der Waals surface area contributed by atoms with Crippen molar-refractivity contribution in [1.29, 1.82) is 5.26 Å². The fourth-order valence-electron chi connectivity index (χ4n) is 4.53. The number of ether oxygens (including phenoxy) is 2. The number of aromatic nitrogens is 3. The second-order valence-corrected chi connectivity index (χ2v) is 9.85. The van der Waals surface area contributed by atoms with Gasteiger partial charge in [0.25, 0.3) is 0 Å². The van der Waals surface area contributed by atoms with E-state index in [0.29, 0.717) is 72.6 Å². The standard InChI is InChI=1S/C26H33ClN6O3/c1-2-20(34)12-30-18-3-5-19(6-4-18)32-24-11-21(22(27)13-31-24)23-14-29-15-25(33-23)36-17-26(16-28)7-9-35-10-8-26/h2,11,13-15,18-19,30,34H,3-10,12,17H2,1H3,(H,31,32)/b20-2-. The molecule has 192 valence electrons. The molecule has 0 spiro atoms. The fourth-order valence-corrected chi connectivity index (χ4v) is 4.73. The first-order valence-corrected chi connectivity index (χ1v) is 12.8. The van der Waals surface area contributed by atoms with Gasteiger partial charge in [0.2, 0.25) is 5.88 Å². The molecule has 0 radical (unpaired) electrons. The normalized spacial score (nSPS) is 22.0. The lowest BCUT2D eigenvalue weighted by Gasteiger charge is -2.30. The molecule has 9 nitrogen and oxygen atoms in total. The highest BCUT2D eigenvalue weighted by atomic mass is 35.5. The summed E-state index contributed by atoms with van der Waals surface area (Å²) in [6, 6.07) is 5.00. The molecule has 3 heterocycles. The average molecular weight is 513 g/mol. The van der Waals surface area contributed by atoms with E-state index < -0.39 is 5.41 Å². The van der Waals surface area contributed by atoms with Crippen molar-refractivity contribution in [3.63, 3.8) is 0 Å².